The van der Waals surface area contributed by atoms with Gasteiger partial charge in [-0.3, -0.25) is 4.98 Å². The third-order valence-corrected chi connectivity index (χ3v) is 2.65. The summed E-state index contributed by atoms with van der Waals surface area (Å²) in [5.74, 6) is 1.04. The van der Waals surface area contributed by atoms with Crippen molar-refractivity contribution in [3.63, 3.8) is 0 Å². The molecular weight excluding hydrogens is 260 g/mol. The topological polar surface area (TPSA) is 44.2 Å². The fourth-order valence-corrected chi connectivity index (χ4v) is 1.71. The molecule has 2 aromatic heterocycles. The SMILES string of the molecule is COc1cc2nccc(Br)c2nc1OC. The summed E-state index contributed by atoms with van der Waals surface area (Å²) in [6, 6.07) is 3.63. The normalized spacial score (nSPS) is 10.3. The van der Waals surface area contributed by atoms with Crippen LogP contribution in [-0.4, -0.2) is 24.2 Å². The Morgan fingerprint density at radius 1 is 1.27 bits per heavy atom. The second-order valence-electron chi connectivity index (χ2n) is 2.86. The molecule has 0 saturated heterocycles. The molecule has 0 aliphatic heterocycles. The molecule has 2 aromatic rings. The van der Waals surface area contributed by atoms with Crippen LogP contribution in [0.3, 0.4) is 0 Å². The molecule has 78 valence electrons. The molecule has 0 atom stereocenters. The number of hydrogen-bond donors (Lipinski definition) is 0. The number of methoxy groups -OCH3 is 2. The number of hydrogen-bond acceptors (Lipinski definition) is 4. The molecule has 15 heavy (non-hydrogen) atoms. The maximum absolute atomic E-state index is 5.14. The summed E-state index contributed by atoms with van der Waals surface area (Å²) in [4.78, 5) is 8.51. The Kier molecular flexibility index (Phi) is 2.73. The zero-order chi connectivity index (χ0) is 10.8. The molecule has 5 heteroatoms. The van der Waals surface area contributed by atoms with Crippen molar-refractivity contribution >= 4 is 27.0 Å². The first-order valence-corrected chi connectivity index (χ1v) is 5.09. The molecule has 0 aliphatic rings. The van der Waals surface area contributed by atoms with Gasteiger partial charge in [0.15, 0.2) is 5.75 Å². The molecule has 0 N–H and O–H groups in total. The van der Waals surface area contributed by atoms with Crippen molar-refractivity contribution < 1.29 is 9.47 Å². The van der Waals surface area contributed by atoms with Gasteiger partial charge in [0.05, 0.1) is 19.7 Å². The lowest BCUT2D eigenvalue weighted by molar-refractivity contribution is 0.344. The third kappa shape index (κ3) is 1.74. The molecule has 2 heterocycles. The number of pyridine rings is 2. The number of fused-ring (bicyclic) bond motifs is 1. The quantitative estimate of drug-likeness (QED) is 0.839. The Hall–Kier alpha value is -1.36. The summed E-state index contributed by atoms with van der Waals surface area (Å²) in [5, 5.41) is 0. The molecule has 0 bridgehead atoms. The monoisotopic (exact) mass is 268 g/mol. The van der Waals surface area contributed by atoms with Gasteiger partial charge in [-0.1, -0.05) is 0 Å². The first-order chi connectivity index (χ1) is 7.26. The van der Waals surface area contributed by atoms with Crippen LogP contribution in [0.2, 0.25) is 0 Å². The predicted octanol–water partition coefficient (Wildman–Crippen LogP) is 2.41. The first kappa shape index (κ1) is 10.2. The zero-order valence-electron chi connectivity index (χ0n) is 8.32. The van der Waals surface area contributed by atoms with E-state index >= 15 is 0 Å². The number of aromatic nitrogens is 2. The molecule has 0 amide bonds. The Labute approximate surface area is 95.4 Å². The minimum atomic E-state index is 0.457. The minimum absolute atomic E-state index is 0.457. The van der Waals surface area contributed by atoms with Gasteiger partial charge in [-0.05, 0) is 22.0 Å². The lowest BCUT2D eigenvalue weighted by Gasteiger charge is -2.07. The second kappa shape index (κ2) is 4.02. The van der Waals surface area contributed by atoms with Crippen molar-refractivity contribution in [3.05, 3.63) is 22.8 Å². The summed E-state index contributed by atoms with van der Waals surface area (Å²) in [6.07, 6.45) is 1.71. The summed E-state index contributed by atoms with van der Waals surface area (Å²) in [5.41, 5.74) is 1.53. The number of nitrogens with zero attached hydrogens (tertiary/aromatic N) is 2. The van der Waals surface area contributed by atoms with Crippen molar-refractivity contribution in [2.75, 3.05) is 14.2 Å². The summed E-state index contributed by atoms with van der Waals surface area (Å²) in [7, 11) is 3.13. The standard InChI is InChI=1S/C10H9BrN2O2/c1-14-8-5-7-9(13-10(8)15-2)6(11)3-4-12-7/h3-5H,1-2H3. The highest BCUT2D eigenvalue weighted by Crippen LogP contribution is 2.30. The summed E-state index contributed by atoms with van der Waals surface area (Å²) in [6.45, 7) is 0. The van der Waals surface area contributed by atoms with Gasteiger partial charge in [-0.2, -0.15) is 0 Å². The molecule has 0 unspecified atom stereocenters. The van der Waals surface area contributed by atoms with Gasteiger partial charge in [0, 0.05) is 16.7 Å². The first-order valence-electron chi connectivity index (χ1n) is 4.29. The molecular formula is C10H9BrN2O2. The molecule has 2 rings (SSSR count). The maximum atomic E-state index is 5.14. The Morgan fingerprint density at radius 3 is 2.73 bits per heavy atom. The average Bonchev–Trinajstić information content (AvgIpc) is 2.28. The van der Waals surface area contributed by atoms with E-state index in [0.29, 0.717) is 11.6 Å². The van der Waals surface area contributed by atoms with Gasteiger partial charge >= 0.3 is 0 Å². The number of rotatable bonds is 2. The van der Waals surface area contributed by atoms with Crippen molar-refractivity contribution in [2.24, 2.45) is 0 Å². The molecule has 4 nitrogen and oxygen atoms in total. The van der Waals surface area contributed by atoms with E-state index in [0.717, 1.165) is 15.5 Å². The van der Waals surface area contributed by atoms with Crippen LogP contribution < -0.4 is 9.47 Å². The minimum Gasteiger partial charge on any atom is -0.491 e. The van der Waals surface area contributed by atoms with Crippen LogP contribution in [0.1, 0.15) is 0 Å². The second-order valence-corrected chi connectivity index (χ2v) is 3.71. The molecule has 0 fully saturated rings. The van der Waals surface area contributed by atoms with Crippen LogP contribution in [0.15, 0.2) is 22.8 Å². The van der Waals surface area contributed by atoms with Crippen LogP contribution in [0.4, 0.5) is 0 Å². The molecule has 0 radical (unpaired) electrons. The van der Waals surface area contributed by atoms with Crippen molar-refractivity contribution in [1.29, 1.82) is 0 Å². The van der Waals surface area contributed by atoms with Crippen LogP contribution in [0.25, 0.3) is 11.0 Å². The largest absolute Gasteiger partial charge is 0.491 e. The Morgan fingerprint density at radius 2 is 2.07 bits per heavy atom. The van der Waals surface area contributed by atoms with Gasteiger partial charge in [-0.25, -0.2) is 4.98 Å². The summed E-state index contributed by atoms with van der Waals surface area (Å²) >= 11 is 3.41. The van der Waals surface area contributed by atoms with Crippen molar-refractivity contribution in [2.45, 2.75) is 0 Å². The van der Waals surface area contributed by atoms with Gasteiger partial charge in [-0.15, -0.1) is 0 Å². The molecule has 0 aliphatic carbocycles. The van der Waals surface area contributed by atoms with E-state index in [4.69, 9.17) is 9.47 Å². The van der Waals surface area contributed by atoms with E-state index in [9.17, 15) is 0 Å². The van der Waals surface area contributed by atoms with Crippen LogP contribution in [0, 0.1) is 0 Å². The molecule has 0 spiro atoms. The van der Waals surface area contributed by atoms with E-state index in [1.54, 1.807) is 26.5 Å². The smallest absolute Gasteiger partial charge is 0.257 e. The number of halogens is 1. The zero-order valence-corrected chi connectivity index (χ0v) is 9.91. The van der Waals surface area contributed by atoms with E-state index in [1.807, 2.05) is 6.07 Å². The number of ether oxygens (including phenoxy) is 2. The van der Waals surface area contributed by atoms with Crippen molar-refractivity contribution in [3.8, 4) is 11.6 Å². The average molecular weight is 269 g/mol. The van der Waals surface area contributed by atoms with Gasteiger partial charge in [0.1, 0.15) is 5.52 Å². The Balaban J connectivity index is 2.75. The molecule has 0 saturated carbocycles. The van der Waals surface area contributed by atoms with E-state index in [2.05, 4.69) is 25.9 Å². The van der Waals surface area contributed by atoms with E-state index in [-0.39, 0.29) is 0 Å². The van der Waals surface area contributed by atoms with Crippen LogP contribution >= 0.6 is 15.9 Å². The van der Waals surface area contributed by atoms with E-state index < -0.39 is 0 Å². The van der Waals surface area contributed by atoms with Gasteiger partial charge in [0.25, 0.3) is 5.88 Å². The Bertz CT molecular complexity index is 502. The van der Waals surface area contributed by atoms with E-state index in [1.165, 1.54) is 0 Å². The predicted molar refractivity (Wildman–Crippen MR) is 60.3 cm³/mol. The summed E-state index contributed by atoms with van der Waals surface area (Å²) < 4.78 is 11.1. The fraction of sp³-hybridized carbons (Fsp3) is 0.200. The lowest BCUT2D eigenvalue weighted by Crippen LogP contribution is -1.95. The van der Waals surface area contributed by atoms with Crippen molar-refractivity contribution in [1.82, 2.24) is 9.97 Å². The lowest BCUT2D eigenvalue weighted by atomic mass is 10.3. The molecule has 0 aromatic carbocycles. The maximum Gasteiger partial charge on any atom is 0.257 e. The van der Waals surface area contributed by atoms with Crippen LogP contribution in [-0.2, 0) is 0 Å². The highest BCUT2D eigenvalue weighted by Gasteiger charge is 2.09. The highest BCUT2D eigenvalue weighted by atomic mass is 79.9. The van der Waals surface area contributed by atoms with Gasteiger partial charge in [0.2, 0.25) is 0 Å². The highest BCUT2D eigenvalue weighted by molar-refractivity contribution is 9.10. The fourth-order valence-electron chi connectivity index (χ4n) is 1.30. The van der Waals surface area contributed by atoms with Gasteiger partial charge < -0.3 is 9.47 Å². The van der Waals surface area contributed by atoms with Crippen LogP contribution in [0.5, 0.6) is 11.6 Å². The third-order valence-electron chi connectivity index (χ3n) is 2.01.